The number of rotatable bonds is 7. The molecule has 0 radical (unpaired) electrons. The molecule has 1 N–H and O–H groups in total. The first-order valence-corrected chi connectivity index (χ1v) is 11.8. The fraction of sp³-hybridized carbons (Fsp3) is 0.259. The van der Waals surface area contributed by atoms with Crippen molar-refractivity contribution in [2.24, 2.45) is 0 Å². The zero-order valence-corrected chi connectivity index (χ0v) is 20.7. The van der Waals surface area contributed by atoms with Crippen molar-refractivity contribution in [2.75, 3.05) is 50.7 Å². The SMILES string of the molecule is COc1cccc(-c2ccnc(Nc3ccc4c(N5CCOCC5)c(C(C)=O)c(=O)oc4c3)n2)c1OC. The number of carbonyl (C=O) groups is 1. The minimum atomic E-state index is -0.665. The summed E-state index contributed by atoms with van der Waals surface area (Å²) in [6.07, 6.45) is 1.64. The predicted molar refractivity (Wildman–Crippen MR) is 139 cm³/mol. The van der Waals surface area contributed by atoms with Crippen LogP contribution in [0, 0.1) is 0 Å². The van der Waals surface area contributed by atoms with E-state index in [4.69, 9.17) is 18.6 Å². The van der Waals surface area contributed by atoms with Gasteiger partial charge in [-0.2, -0.15) is 0 Å². The van der Waals surface area contributed by atoms with Crippen LogP contribution in [-0.2, 0) is 4.74 Å². The van der Waals surface area contributed by atoms with E-state index >= 15 is 0 Å². The number of para-hydroxylation sites is 1. The number of nitrogens with one attached hydrogen (secondary N) is 1. The molecule has 1 aliphatic heterocycles. The lowest BCUT2D eigenvalue weighted by Crippen LogP contribution is -2.38. The molecule has 2 aromatic carbocycles. The molecule has 0 aliphatic carbocycles. The molecule has 0 saturated carbocycles. The minimum Gasteiger partial charge on any atom is -0.493 e. The number of benzene rings is 2. The molecule has 0 atom stereocenters. The Morgan fingerprint density at radius 2 is 1.89 bits per heavy atom. The van der Waals surface area contributed by atoms with Crippen LogP contribution in [0.2, 0.25) is 0 Å². The fourth-order valence-electron chi connectivity index (χ4n) is 4.48. The second kappa shape index (κ2) is 10.3. The molecule has 1 fully saturated rings. The van der Waals surface area contributed by atoms with Gasteiger partial charge in [0.25, 0.3) is 0 Å². The number of methoxy groups -OCH3 is 2. The summed E-state index contributed by atoms with van der Waals surface area (Å²) < 4.78 is 22.0. The predicted octanol–water partition coefficient (Wildman–Crippen LogP) is 4.05. The number of aromatic nitrogens is 2. The average molecular weight is 503 g/mol. The van der Waals surface area contributed by atoms with Crippen LogP contribution in [0.4, 0.5) is 17.3 Å². The van der Waals surface area contributed by atoms with Gasteiger partial charge in [0.15, 0.2) is 17.3 Å². The number of hydrogen-bond donors (Lipinski definition) is 1. The van der Waals surface area contributed by atoms with E-state index in [0.717, 1.165) is 5.56 Å². The number of morpholine rings is 1. The van der Waals surface area contributed by atoms with Gasteiger partial charge < -0.3 is 28.8 Å². The van der Waals surface area contributed by atoms with Crippen LogP contribution in [0.1, 0.15) is 17.3 Å². The molecule has 0 bridgehead atoms. The summed E-state index contributed by atoms with van der Waals surface area (Å²) in [5.74, 6) is 1.17. The largest absolute Gasteiger partial charge is 0.493 e. The van der Waals surface area contributed by atoms with Crippen molar-refractivity contribution in [1.82, 2.24) is 9.97 Å². The molecule has 2 aromatic heterocycles. The second-order valence-corrected chi connectivity index (χ2v) is 8.41. The van der Waals surface area contributed by atoms with E-state index in [1.165, 1.54) is 6.92 Å². The summed E-state index contributed by atoms with van der Waals surface area (Å²) in [5.41, 5.74) is 2.34. The molecular formula is C27H26N4O6. The van der Waals surface area contributed by atoms with E-state index in [1.54, 1.807) is 32.5 Å². The Balaban J connectivity index is 1.52. The van der Waals surface area contributed by atoms with E-state index < -0.39 is 5.63 Å². The fourth-order valence-corrected chi connectivity index (χ4v) is 4.48. The lowest BCUT2D eigenvalue weighted by molar-refractivity contribution is 0.101. The van der Waals surface area contributed by atoms with E-state index in [2.05, 4.69) is 15.3 Å². The Labute approximate surface area is 212 Å². The van der Waals surface area contributed by atoms with E-state index in [-0.39, 0.29) is 11.3 Å². The third-order valence-electron chi connectivity index (χ3n) is 6.15. The lowest BCUT2D eigenvalue weighted by atomic mass is 10.1. The third-order valence-corrected chi connectivity index (χ3v) is 6.15. The standard InChI is InChI=1S/C27H26N4O6/c1-16(32)23-24(31-11-13-36-14-12-31)19-8-7-17(15-22(19)37-26(23)33)29-27-28-10-9-20(30-27)18-5-4-6-21(34-2)25(18)35-3/h4-10,15H,11-14H2,1-3H3,(H,28,29,30). The highest BCUT2D eigenvalue weighted by atomic mass is 16.5. The van der Waals surface area contributed by atoms with Crippen LogP contribution in [0.3, 0.4) is 0 Å². The number of ether oxygens (including phenoxy) is 3. The molecule has 1 aliphatic rings. The summed E-state index contributed by atoms with van der Waals surface area (Å²) >= 11 is 0. The van der Waals surface area contributed by atoms with E-state index in [0.29, 0.717) is 71.8 Å². The van der Waals surface area contributed by atoms with Crippen LogP contribution in [-0.4, -0.2) is 56.3 Å². The second-order valence-electron chi connectivity index (χ2n) is 8.41. The smallest absolute Gasteiger partial charge is 0.349 e. The third kappa shape index (κ3) is 4.70. The first-order valence-electron chi connectivity index (χ1n) is 11.8. The molecule has 1 saturated heterocycles. The van der Waals surface area contributed by atoms with Gasteiger partial charge in [0.1, 0.15) is 11.1 Å². The average Bonchev–Trinajstić information content (AvgIpc) is 2.92. The molecule has 37 heavy (non-hydrogen) atoms. The zero-order chi connectivity index (χ0) is 25.9. The minimum absolute atomic E-state index is 0.0541. The molecule has 4 aromatic rings. The van der Waals surface area contributed by atoms with Crippen molar-refractivity contribution in [3.8, 4) is 22.8 Å². The van der Waals surface area contributed by atoms with E-state index in [9.17, 15) is 9.59 Å². The van der Waals surface area contributed by atoms with Crippen molar-refractivity contribution in [2.45, 2.75) is 6.92 Å². The normalized spacial score (nSPS) is 13.4. The highest BCUT2D eigenvalue weighted by Gasteiger charge is 2.24. The van der Waals surface area contributed by atoms with Crippen LogP contribution >= 0.6 is 0 Å². The lowest BCUT2D eigenvalue weighted by Gasteiger charge is -2.30. The maximum absolute atomic E-state index is 12.8. The number of Topliss-reactive ketones (excluding diaryl/α,β-unsaturated/α-hetero) is 1. The van der Waals surface area contributed by atoms with Gasteiger partial charge in [0.05, 0.1) is 38.8 Å². The summed E-state index contributed by atoms with van der Waals surface area (Å²) in [4.78, 5) is 36.1. The van der Waals surface area contributed by atoms with Gasteiger partial charge in [0.2, 0.25) is 5.95 Å². The maximum atomic E-state index is 12.8. The molecule has 10 heteroatoms. The maximum Gasteiger partial charge on any atom is 0.349 e. The topological polar surface area (TPSA) is 116 Å². The molecule has 0 spiro atoms. The van der Waals surface area contributed by atoms with Gasteiger partial charge >= 0.3 is 5.63 Å². The van der Waals surface area contributed by atoms with Crippen LogP contribution in [0.15, 0.2) is 57.9 Å². The van der Waals surface area contributed by atoms with Crippen LogP contribution < -0.4 is 25.3 Å². The van der Waals surface area contributed by atoms with Crippen molar-refractivity contribution in [1.29, 1.82) is 0 Å². The van der Waals surface area contributed by atoms with Gasteiger partial charge in [0, 0.05) is 42.0 Å². The van der Waals surface area contributed by atoms with Gasteiger partial charge in [-0.15, -0.1) is 0 Å². The molecule has 10 nitrogen and oxygen atoms in total. The quantitative estimate of drug-likeness (QED) is 0.293. The highest BCUT2D eigenvalue weighted by Crippen LogP contribution is 2.37. The number of hydrogen-bond acceptors (Lipinski definition) is 10. The first-order chi connectivity index (χ1) is 18.0. The molecule has 0 unspecified atom stereocenters. The van der Waals surface area contributed by atoms with Crippen molar-refractivity contribution in [3.63, 3.8) is 0 Å². The Hall–Kier alpha value is -4.44. The summed E-state index contributed by atoms with van der Waals surface area (Å²) in [5, 5.41) is 3.85. The van der Waals surface area contributed by atoms with Gasteiger partial charge in [-0.25, -0.2) is 14.8 Å². The Kier molecular flexibility index (Phi) is 6.74. The van der Waals surface area contributed by atoms with Crippen LogP contribution in [0.25, 0.3) is 22.2 Å². The Morgan fingerprint density at radius 1 is 1.08 bits per heavy atom. The van der Waals surface area contributed by atoms with Crippen molar-refractivity contribution in [3.05, 3.63) is 64.6 Å². The molecular weight excluding hydrogens is 476 g/mol. The van der Waals surface area contributed by atoms with Crippen LogP contribution in [0.5, 0.6) is 11.5 Å². The summed E-state index contributed by atoms with van der Waals surface area (Å²) in [7, 11) is 3.16. The summed E-state index contributed by atoms with van der Waals surface area (Å²) in [6.45, 7) is 3.56. The molecule has 5 rings (SSSR count). The van der Waals surface area contributed by atoms with Gasteiger partial charge in [-0.3, -0.25) is 4.79 Å². The first kappa shape index (κ1) is 24.3. The number of fused-ring (bicyclic) bond motifs is 1. The molecule has 190 valence electrons. The Bertz CT molecular complexity index is 1530. The zero-order valence-electron chi connectivity index (χ0n) is 20.7. The molecule has 0 amide bonds. The van der Waals surface area contributed by atoms with Crippen molar-refractivity contribution < 1.29 is 23.4 Å². The Morgan fingerprint density at radius 3 is 2.62 bits per heavy atom. The number of ketones is 1. The monoisotopic (exact) mass is 502 g/mol. The van der Waals surface area contributed by atoms with Crippen molar-refractivity contribution >= 4 is 34.1 Å². The molecule has 3 heterocycles. The number of nitrogens with zero attached hydrogens (tertiary/aromatic N) is 3. The summed E-state index contributed by atoms with van der Waals surface area (Å²) in [6, 6.07) is 12.7. The van der Waals surface area contributed by atoms with E-state index in [1.807, 2.05) is 35.2 Å². The van der Waals surface area contributed by atoms with Gasteiger partial charge in [-0.05, 0) is 37.3 Å². The number of anilines is 3. The number of carbonyl (C=O) groups excluding carboxylic acids is 1. The van der Waals surface area contributed by atoms with Gasteiger partial charge in [-0.1, -0.05) is 6.07 Å². The highest BCUT2D eigenvalue weighted by molar-refractivity contribution is 6.07.